The number of ether oxygens (including phenoxy) is 1. The van der Waals surface area contributed by atoms with Gasteiger partial charge in [-0.2, -0.15) is 0 Å². The number of aryl methyl sites for hydroxylation is 1. The normalized spacial score (nSPS) is 31.7. The maximum Gasteiger partial charge on any atom is 0.235 e. The minimum Gasteiger partial charge on any atom is -0.360 e. The quantitative estimate of drug-likeness (QED) is 0.727. The van der Waals surface area contributed by atoms with Gasteiger partial charge < -0.3 is 14.6 Å². The van der Waals surface area contributed by atoms with Gasteiger partial charge in [-0.15, -0.1) is 0 Å². The lowest BCUT2D eigenvalue weighted by molar-refractivity contribution is -0.132. The lowest BCUT2D eigenvalue weighted by Gasteiger charge is -2.25. The molecule has 2 bridgehead atoms. The highest BCUT2D eigenvalue weighted by atomic mass is 16.5. The van der Waals surface area contributed by atoms with Gasteiger partial charge in [0.05, 0.1) is 24.5 Å². The van der Waals surface area contributed by atoms with Crippen LogP contribution >= 0.6 is 0 Å². The summed E-state index contributed by atoms with van der Waals surface area (Å²) >= 11 is 0. The van der Waals surface area contributed by atoms with Gasteiger partial charge in [-0.25, -0.2) is 0 Å². The second-order valence-corrected chi connectivity index (χ2v) is 8.85. The summed E-state index contributed by atoms with van der Waals surface area (Å²) in [5.41, 5.74) is -0.739. The molecule has 2 saturated heterocycles. The van der Waals surface area contributed by atoms with E-state index in [2.05, 4.69) is 24.3 Å². The van der Waals surface area contributed by atoms with E-state index in [-0.39, 0.29) is 24.0 Å². The van der Waals surface area contributed by atoms with Crippen LogP contribution in [0.3, 0.4) is 0 Å². The fourth-order valence-electron chi connectivity index (χ4n) is 4.72. The highest BCUT2D eigenvalue weighted by Gasteiger charge is 2.67. The Labute approximate surface area is 165 Å². The van der Waals surface area contributed by atoms with Crippen molar-refractivity contribution in [2.24, 2.45) is 17.8 Å². The van der Waals surface area contributed by atoms with E-state index in [0.717, 1.165) is 19.3 Å². The van der Waals surface area contributed by atoms with Gasteiger partial charge in [0, 0.05) is 12.1 Å². The summed E-state index contributed by atoms with van der Waals surface area (Å²) < 4.78 is 11.3. The Hall–Kier alpha value is -2.15. The van der Waals surface area contributed by atoms with E-state index in [1.165, 1.54) is 0 Å². The lowest BCUT2D eigenvalue weighted by atomic mass is 9.76. The Morgan fingerprint density at radius 3 is 2.86 bits per heavy atom. The zero-order chi connectivity index (χ0) is 20.1. The summed E-state index contributed by atoms with van der Waals surface area (Å²) in [5, 5.41) is 7.08. The zero-order valence-corrected chi connectivity index (χ0v) is 17.0. The molecule has 4 rings (SSSR count). The third kappa shape index (κ3) is 3.15. The second kappa shape index (κ2) is 7.03. The Morgan fingerprint density at radius 1 is 1.39 bits per heavy atom. The van der Waals surface area contributed by atoms with Crippen LogP contribution in [0.5, 0.6) is 0 Å². The summed E-state index contributed by atoms with van der Waals surface area (Å²) in [7, 11) is 0. The Balaban J connectivity index is 1.46. The molecule has 0 radical (unpaired) electrons. The number of fused-ring (bicyclic) bond motifs is 1. The summed E-state index contributed by atoms with van der Waals surface area (Å²) in [4.78, 5) is 27.8. The van der Waals surface area contributed by atoms with Crippen LogP contribution in [-0.2, 0) is 14.3 Å². The molecule has 1 aromatic heterocycles. The van der Waals surface area contributed by atoms with Gasteiger partial charge in [-0.1, -0.05) is 44.0 Å². The maximum atomic E-state index is 13.2. The Kier molecular flexibility index (Phi) is 4.81. The van der Waals surface area contributed by atoms with Crippen molar-refractivity contribution in [3.63, 3.8) is 0 Å². The SMILES string of the molecule is Cc1cc(N2C[C@@]34C=C[C@@H](O3)[C@H](C(=O)N[C@@H](C)CCCC(C)C)[C@H]4C2=O)no1. The predicted octanol–water partition coefficient (Wildman–Crippen LogP) is 2.60. The van der Waals surface area contributed by atoms with Crippen LogP contribution in [-0.4, -0.2) is 41.3 Å². The molecule has 2 amide bonds. The number of carbonyl (C=O) groups is 2. The van der Waals surface area contributed by atoms with Gasteiger partial charge in [0.2, 0.25) is 11.8 Å². The number of nitrogens with one attached hydrogen (secondary N) is 1. The molecule has 0 unspecified atom stereocenters. The van der Waals surface area contributed by atoms with Crippen molar-refractivity contribution in [1.29, 1.82) is 0 Å². The first-order valence-electron chi connectivity index (χ1n) is 10.2. The first kappa shape index (κ1) is 19.2. The van der Waals surface area contributed by atoms with Crippen LogP contribution in [0.2, 0.25) is 0 Å². The van der Waals surface area contributed by atoms with Crippen LogP contribution in [0.4, 0.5) is 5.82 Å². The fraction of sp³-hybridized carbons (Fsp3) is 0.667. The van der Waals surface area contributed by atoms with Crippen LogP contribution in [0, 0.1) is 24.7 Å². The molecule has 152 valence electrons. The molecule has 4 heterocycles. The van der Waals surface area contributed by atoms with Crippen molar-refractivity contribution in [1.82, 2.24) is 10.5 Å². The number of anilines is 1. The zero-order valence-electron chi connectivity index (χ0n) is 17.0. The molecule has 2 fully saturated rings. The maximum absolute atomic E-state index is 13.2. The van der Waals surface area contributed by atoms with E-state index in [1.807, 2.05) is 19.1 Å². The first-order valence-corrected chi connectivity index (χ1v) is 10.2. The minimum atomic E-state index is -0.739. The molecular formula is C21H29N3O4. The number of aromatic nitrogens is 1. The summed E-state index contributed by atoms with van der Waals surface area (Å²) in [6.07, 6.45) is 6.70. The second-order valence-electron chi connectivity index (χ2n) is 8.85. The minimum absolute atomic E-state index is 0.0797. The third-order valence-electron chi connectivity index (χ3n) is 6.10. The largest absolute Gasteiger partial charge is 0.360 e. The van der Waals surface area contributed by atoms with Crippen LogP contribution in [0.1, 0.15) is 45.8 Å². The van der Waals surface area contributed by atoms with Gasteiger partial charge in [0.15, 0.2) is 5.82 Å². The lowest BCUT2D eigenvalue weighted by Crippen LogP contribution is -2.46. The monoisotopic (exact) mass is 387 g/mol. The average Bonchev–Trinajstić information content (AvgIpc) is 3.35. The topological polar surface area (TPSA) is 84.7 Å². The molecule has 0 aromatic carbocycles. The fourth-order valence-corrected chi connectivity index (χ4v) is 4.72. The molecule has 3 aliphatic heterocycles. The molecule has 3 aliphatic rings. The molecule has 1 aromatic rings. The Morgan fingerprint density at radius 2 is 2.18 bits per heavy atom. The smallest absolute Gasteiger partial charge is 0.235 e. The summed E-state index contributed by atoms with van der Waals surface area (Å²) in [5.74, 6) is 0.563. The number of carbonyl (C=O) groups excluding carboxylic acids is 2. The molecule has 0 aliphatic carbocycles. The van der Waals surface area contributed by atoms with Crippen molar-refractivity contribution >= 4 is 17.6 Å². The predicted molar refractivity (Wildman–Crippen MR) is 104 cm³/mol. The van der Waals surface area contributed by atoms with E-state index < -0.39 is 17.4 Å². The van der Waals surface area contributed by atoms with Crippen molar-refractivity contribution < 1.29 is 18.8 Å². The van der Waals surface area contributed by atoms with Gasteiger partial charge in [0.1, 0.15) is 11.4 Å². The van der Waals surface area contributed by atoms with E-state index in [0.29, 0.717) is 24.0 Å². The van der Waals surface area contributed by atoms with E-state index in [1.54, 1.807) is 17.9 Å². The van der Waals surface area contributed by atoms with E-state index in [9.17, 15) is 9.59 Å². The number of hydrogen-bond acceptors (Lipinski definition) is 5. The molecule has 5 atom stereocenters. The van der Waals surface area contributed by atoms with Crippen LogP contribution in [0.15, 0.2) is 22.7 Å². The van der Waals surface area contributed by atoms with Gasteiger partial charge in [0.25, 0.3) is 0 Å². The average molecular weight is 387 g/mol. The van der Waals surface area contributed by atoms with E-state index in [4.69, 9.17) is 9.26 Å². The third-order valence-corrected chi connectivity index (χ3v) is 6.10. The van der Waals surface area contributed by atoms with Gasteiger partial charge in [-0.3, -0.25) is 14.5 Å². The summed E-state index contributed by atoms with van der Waals surface area (Å²) in [6, 6.07) is 1.81. The van der Waals surface area contributed by atoms with Crippen molar-refractivity contribution in [3.8, 4) is 0 Å². The molecule has 7 heteroatoms. The molecule has 1 spiro atoms. The van der Waals surface area contributed by atoms with Crippen molar-refractivity contribution in [2.45, 2.75) is 64.7 Å². The molecule has 28 heavy (non-hydrogen) atoms. The van der Waals surface area contributed by atoms with E-state index >= 15 is 0 Å². The number of amides is 2. The first-order chi connectivity index (χ1) is 13.3. The van der Waals surface area contributed by atoms with Crippen molar-refractivity contribution in [3.05, 3.63) is 24.0 Å². The Bertz CT molecular complexity index is 801. The summed E-state index contributed by atoms with van der Waals surface area (Å²) in [6.45, 7) is 8.59. The number of nitrogens with zero attached hydrogens (tertiary/aromatic N) is 2. The molecule has 0 saturated carbocycles. The van der Waals surface area contributed by atoms with Crippen molar-refractivity contribution in [2.75, 3.05) is 11.4 Å². The van der Waals surface area contributed by atoms with Crippen LogP contribution < -0.4 is 10.2 Å². The van der Waals surface area contributed by atoms with Gasteiger partial charge >= 0.3 is 0 Å². The molecule has 1 N–H and O–H groups in total. The molecular weight excluding hydrogens is 358 g/mol. The highest BCUT2D eigenvalue weighted by Crippen LogP contribution is 2.52. The van der Waals surface area contributed by atoms with Crippen LogP contribution in [0.25, 0.3) is 0 Å². The number of rotatable bonds is 7. The highest BCUT2D eigenvalue weighted by molar-refractivity contribution is 6.02. The molecule has 7 nitrogen and oxygen atoms in total. The standard InChI is InChI=1S/C21H29N3O4/c1-12(2)6-5-7-13(3)22-19(25)17-15-8-9-21(27-15)11-24(20(26)18(17)21)16-10-14(4)28-23-16/h8-10,12-13,15,17-18H,5-7,11H2,1-4H3,(H,22,25)/t13-,15+,17-,18-,21+/m0/s1. The van der Waals surface area contributed by atoms with Gasteiger partial charge in [-0.05, 0) is 26.2 Å². The number of hydrogen-bond donors (Lipinski definition) is 1.